The minimum absolute atomic E-state index is 0.336. The standard InChI is InChI=1S/C13H14BrNO2/c1-2-17-13(16)11-5-6-12(9-15)10(8-11)4-3-7-14/h5-6,8H,2-4,7H2,1H3. The summed E-state index contributed by atoms with van der Waals surface area (Å²) in [4.78, 5) is 11.6. The van der Waals surface area contributed by atoms with Gasteiger partial charge in [-0.1, -0.05) is 15.9 Å². The Labute approximate surface area is 110 Å². The van der Waals surface area contributed by atoms with Gasteiger partial charge in [0.2, 0.25) is 0 Å². The van der Waals surface area contributed by atoms with Crippen LogP contribution < -0.4 is 0 Å². The molecule has 0 aliphatic rings. The highest BCUT2D eigenvalue weighted by Gasteiger charge is 2.10. The van der Waals surface area contributed by atoms with Crippen molar-refractivity contribution < 1.29 is 9.53 Å². The van der Waals surface area contributed by atoms with E-state index in [0.29, 0.717) is 17.7 Å². The Bertz CT molecular complexity index is 438. The third-order valence-corrected chi connectivity index (χ3v) is 2.88. The van der Waals surface area contributed by atoms with E-state index in [0.717, 1.165) is 23.7 Å². The Morgan fingerprint density at radius 3 is 2.88 bits per heavy atom. The Kier molecular flexibility index (Phi) is 5.71. The maximum absolute atomic E-state index is 11.6. The number of benzene rings is 1. The molecule has 0 saturated carbocycles. The van der Waals surface area contributed by atoms with Gasteiger partial charge < -0.3 is 4.74 Å². The first-order valence-corrected chi connectivity index (χ1v) is 6.61. The summed E-state index contributed by atoms with van der Waals surface area (Å²) in [6.07, 6.45) is 1.71. The second kappa shape index (κ2) is 7.08. The monoisotopic (exact) mass is 295 g/mol. The minimum Gasteiger partial charge on any atom is -0.462 e. The normalized spacial score (nSPS) is 9.71. The average molecular weight is 296 g/mol. The number of rotatable bonds is 5. The molecule has 0 aliphatic carbocycles. The zero-order chi connectivity index (χ0) is 12.7. The van der Waals surface area contributed by atoms with E-state index in [1.165, 1.54) is 0 Å². The van der Waals surface area contributed by atoms with E-state index in [4.69, 9.17) is 10.00 Å². The molecule has 0 atom stereocenters. The van der Waals surface area contributed by atoms with Gasteiger partial charge in [0.15, 0.2) is 0 Å². The highest BCUT2D eigenvalue weighted by molar-refractivity contribution is 9.09. The first-order chi connectivity index (χ1) is 8.22. The topological polar surface area (TPSA) is 50.1 Å². The third kappa shape index (κ3) is 3.86. The van der Waals surface area contributed by atoms with Crippen LogP contribution >= 0.6 is 15.9 Å². The quantitative estimate of drug-likeness (QED) is 0.620. The number of aryl methyl sites for hydroxylation is 1. The van der Waals surface area contributed by atoms with Gasteiger partial charge in [-0.25, -0.2) is 4.79 Å². The molecule has 0 heterocycles. The van der Waals surface area contributed by atoms with Gasteiger partial charge >= 0.3 is 5.97 Å². The number of carbonyl (C=O) groups excluding carboxylic acids is 1. The molecule has 4 heteroatoms. The van der Waals surface area contributed by atoms with E-state index in [-0.39, 0.29) is 5.97 Å². The SMILES string of the molecule is CCOC(=O)c1ccc(C#N)c(CCCBr)c1. The molecular weight excluding hydrogens is 282 g/mol. The highest BCUT2D eigenvalue weighted by Crippen LogP contribution is 2.15. The van der Waals surface area contributed by atoms with Gasteiger partial charge in [0.1, 0.15) is 0 Å². The second-order valence-corrected chi connectivity index (χ2v) is 4.29. The summed E-state index contributed by atoms with van der Waals surface area (Å²) >= 11 is 3.35. The fourth-order valence-corrected chi connectivity index (χ4v) is 1.79. The second-order valence-electron chi connectivity index (χ2n) is 3.50. The fourth-order valence-electron chi connectivity index (χ4n) is 1.51. The molecule has 1 aromatic rings. The lowest BCUT2D eigenvalue weighted by Gasteiger charge is -2.06. The maximum atomic E-state index is 11.6. The Hall–Kier alpha value is -1.34. The Morgan fingerprint density at radius 2 is 2.29 bits per heavy atom. The highest BCUT2D eigenvalue weighted by atomic mass is 79.9. The zero-order valence-electron chi connectivity index (χ0n) is 9.70. The number of esters is 1. The molecule has 0 N–H and O–H groups in total. The number of nitriles is 1. The number of halogens is 1. The van der Waals surface area contributed by atoms with Crippen LogP contribution in [-0.4, -0.2) is 17.9 Å². The smallest absolute Gasteiger partial charge is 0.338 e. The van der Waals surface area contributed by atoms with Gasteiger partial charge in [-0.3, -0.25) is 0 Å². The van der Waals surface area contributed by atoms with Crippen molar-refractivity contribution in [2.75, 3.05) is 11.9 Å². The first kappa shape index (κ1) is 13.7. The summed E-state index contributed by atoms with van der Waals surface area (Å²) in [5, 5.41) is 9.85. The van der Waals surface area contributed by atoms with Crippen molar-refractivity contribution in [1.29, 1.82) is 5.26 Å². The summed E-state index contributed by atoms with van der Waals surface area (Å²) in [6, 6.07) is 7.19. The first-order valence-electron chi connectivity index (χ1n) is 5.49. The molecular formula is C13H14BrNO2. The molecule has 1 aromatic carbocycles. The molecule has 0 spiro atoms. The fraction of sp³-hybridized carbons (Fsp3) is 0.385. The zero-order valence-corrected chi connectivity index (χ0v) is 11.3. The molecule has 0 aliphatic heterocycles. The lowest BCUT2D eigenvalue weighted by atomic mass is 10.0. The van der Waals surface area contributed by atoms with Crippen LogP contribution in [0.1, 0.15) is 34.8 Å². The molecule has 0 unspecified atom stereocenters. The van der Waals surface area contributed by atoms with Crippen LogP contribution in [-0.2, 0) is 11.2 Å². The van der Waals surface area contributed by atoms with E-state index in [1.54, 1.807) is 25.1 Å². The molecule has 0 aromatic heterocycles. The van der Waals surface area contributed by atoms with Crippen LogP contribution in [0.2, 0.25) is 0 Å². The molecule has 0 fully saturated rings. The summed E-state index contributed by atoms with van der Waals surface area (Å²) in [5.41, 5.74) is 2.03. The van der Waals surface area contributed by atoms with Crippen molar-refractivity contribution in [3.8, 4) is 6.07 Å². The summed E-state index contributed by atoms with van der Waals surface area (Å²) < 4.78 is 4.93. The number of ether oxygens (including phenoxy) is 1. The molecule has 1 rings (SSSR count). The largest absolute Gasteiger partial charge is 0.462 e. The summed E-state index contributed by atoms with van der Waals surface area (Å²) in [7, 11) is 0. The average Bonchev–Trinajstić information content (AvgIpc) is 2.36. The lowest BCUT2D eigenvalue weighted by molar-refractivity contribution is 0.0526. The van der Waals surface area contributed by atoms with E-state index >= 15 is 0 Å². The van der Waals surface area contributed by atoms with Gasteiger partial charge in [0.25, 0.3) is 0 Å². The van der Waals surface area contributed by atoms with Gasteiger partial charge in [-0.15, -0.1) is 0 Å². The van der Waals surface area contributed by atoms with Crippen molar-refractivity contribution in [1.82, 2.24) is 0 Å². The van der Waals surface area contributed by atoms with Crippen LogP contribution in [0.3, 0.4) is 0 Å². The van der Waals surface area contributed by atoms with Crippen LogP contribution in [0.15, 0.2) is 18.2 Å². The predicted octanol–water partition coefficient (Wildman–Crippen LogP) is 3.06. The van der Waals surface area contributed by atoms with Crippen molar-refractivity contribution >= 4 is 21.9 Å². The number of nitrogens with zero attached hydrogens (tertiary/aromatic N) is 1. The molecule has 90 valence electrons. The van der Waals surface area contributed by atoms with Gasteiger partial charge in [-0.2, -0.15) is 5.26 Å². The van der Waals surface area contributed by atoms with E-state index in [1.807, 2.05) is 0 Å². The molecule has 0 bridgehead atoms. The van der Waals surface area contributed by atoms with Crippen molar-refractivity contribution in [3.63, 3.8) is 0 Å². The molecule has 0 amide bonds. The number of hydrogen-bond acceptors (Lipinski definition) is 3. The summed E-state index contributed by atoms with van der Waals surface area (Å²) in [5.74, 6) is -0.336. The Morgan fingerprint density at radius 1 is 1.53 bits per heavy atom. The van der Waals surface area contributed by atoms with Crippen LogP contribution in [0.4, 0.5) is 0 Å². The number of alkyl halides is 1. The minimum atomic E-state index is -0.336. The summed E-state index contributed by atoms with van der Waals surface area (Å²) in [6.45, 7) is 2.13. The van der Waals surface area contributed by atoms with Gasteiger partial charge in [-0.05, 0) is 43.5 Å². The molecule has 0 radical (unpaired) electrons. The van der Waals surface area contributed by atoms with E-state index in [9.17, 15) is 4.79 Å². The lowest BCUT2D eigenvalue weighted by Crippen LogP contribution is -2.06. The number of hydrogen-bond donors (Lipinski definition) is 0. The van der Waals surface area contributed by atoms with Crippen molar-refractivity contribution in [2.24, 2.45) is 0 Å². The van der Waals surface area contributed by atoms with Crippen LogP contribution in [0, 0.1) is 11.3 Å². The van der Waals surface area contributed by atoms with Crippen LogP contribution in [0.25, 0.3) is 0 Å². The molecule has 17 heavy (non-hydrogen) atoms. The van der Waals surface area contributed by atoms with Crippen molar-refractivity contribution in [3.05, 3.63) is 34.9 Å². The molecule has 3 nitrogen and oxygen atoms in total. The molecule has 0 saturated heterocycles. The maximum Gasteiger partial charge on any atom is 0.338 e. The predicted molar refractivity (Wildman–Crippen MR) is 69.2 cm³/mol. The van der Waals surface area contributed by atoms with E-state index < -0.39 is 0 Å². The van der Waals surface area contributed by atoms with Gasteiger partial charge in [0, 0.05) is 5.33 Å². The van der Waals surface area contributed by atoms with Crippen LogP contribution in [0.5, 0.6) is 0 Å². The third-order valence-electron chi connectivity index (χ3n) is 2.32. The van der Waals surface area contributed by atoms with E-state index in [2.05, 4.69) is 22.0 Å². The Balaban J connectivity index is 2.96. The van der Waals surface area contributed by atoms with Gasteiger partial charge in [0.05, 0.1) is 23.8 Å². The van der Waals surface area contributed by atoms with Crippen molar-refractivity contribution in [2.45, 2.75) is 19.8 Å². The number of carbonyl (C=O) groups is 1.